The van der Waals surface area contributed by atoms with Gasteiger partial charge in [-0.3, -0.25) is 23.7 Å². The monoisotopic (exact) mass is 628 g/mol. The van der Waals surface area contributed by atoms with Crippen LogP contribution in [0.25, 0.3) is 22.2 Å². The molecule has 0 radical (unpaired) electrons. The van der Waals surface area contributed by atoms with Crippen molar-refractivity contribution >= 4 is 28.3 Å². The van der Waals surface area contributed by atoms with Crippen LogP contribution in [0.3, 0.4) is 0 Å². The van der Waals surface area contributed by atoms with Gasteiger partial charge >= 0.3 is 0 Å². The second kappa shape index (κ2) is 12.9. The summed E-state index contributed by atoms with van der Waals surface area (Å²) in [6.07, 6.45) is 6.87. The molecule has 0 bridgehead atoms. The number of nitrogens with one attached hydrogen (secondary N) is 1. The van der Waals surface area contributed by atoms with Gasteiger partial charge in [-0.1, -0.05) is 36.1 Å². The van der Waals surface area contributed by atoms with Crippen molar-refractivity contribution < 1.29 is 9.53 Å². The van der Waals surface area contributed by atoms with Crippen molar-refractivity contribution in [3.63, 3.8) is 0 Å². The van der Waals surface area contributed by atoms with E-state index in [1.165, 1.54) is 9.08 Å². The van der Waals surface area contributed by atoms with Gasteiger partial charge in [0.05, 0.1) is 54.2 Å². The number of nitrogen functional groups attached to an aromatic ring is 1. The molecule has 1 atom stereocenters. The first-order chi connectivity index (χ1) is 23.0. The zero-order valence-corrected chi connectivity index (χ0v) is 25.7. The summed E-state index contributed by atoms with van der Waals surface area (Å²) in [6, 6.07) is 15.6. The van der Waals surface area contributed by atoms with Crippen molar-refractivity contribution in [3.05, 3.63) is 112 Å². The van der Waals surface area contributed by atoms with E-state index in [0.29, 0.717) is 33.6 Å². The normalized spacial score (nSPS) is 14.1. The molecule has 1 aliphatic heterocycles. The number of nitrogens with zero attached hydrogens (tertiary/aromatic N) is 8. The predicted molar refractivity (Wildman–Crippen MR) is 176 cm³/mol. The highest BCUT2D eigenvalue weighted by Crippen LogP contribution is 2.22. The highest BCUT2D eigenvalue weighted by molar-refractivity contribution is 6.04. The maximum atomic E-state index is 14.3. The predicted octanol–water partition coefficient (Wildman–Crippen LogP) is 2.43. The summed E-state index contributed by atoms with van der Waals surface area (Å²) in [5.41, 5.74) is 8.61. The molecular weight excluding hydrogens is 596 g/mol. The topological polar surface area (TPSA) is 150 Å². The average Bonchev–Trinajstić information content (AvgIpc) is 3.70. The molecule has 1 amide bonds. The van der Waals surface area contributed by atoms with Gasteiger partial charge in [-0.15, -0.1) is 5.10 Å². The van der Waals surface area contributed by atoms with E-state index in [1.54, 1.807) is 37.6 Å². The molecule has 0 aliphatic carbocycles. The molecule has 1 fully saturated rings. The maximum Gasteiger partial charge on any atom is 0.267 e. The number of benzene rings is 2. The standard InChI is InChI=1S/C34H32N10O3/c1-23(38-33(45)29-30(35)40-43-14-6-13-36-32(29)43)31-39-27-10-5-7-25(28(27)34(46)44(31)26-8-3-2-4-9-26)12-11-24-21-37-42(22-24)16-15-41-17-19-47-20-18-41/h2-10,13-14,21-23H,15-20H2,1H3,(H2,35,40)(H,38,45)/t23-/m0/s1. The summed E-state index contributed by atoms with van der Waals surface area (Å²) >= 11 is 0. The number of ether oxygens (including phenoxy) is 1. The van der Waals surface area contributed by atoms with Gasteiger partial charge in [0.15, 0.2) is 11.5 Å². The van der Waals surface area contributed by atoms with E-state index in [-0.39, 0.29) is 16.9 Å². The molecule has 1 aliphatic rings. The number of para-hydroxylation sites is 1. The van der Waals surface area contributed by atoms with Gasteiger partial charge in [0.25, 0.3) is 11.5 Å². The van der Waals surface area contributed by atoms with Crippen LogP contribution in [-0.2, 0) is 11.3 Å². The Hall–Kier alpha value is -5.84. The Morgan fingerprint density at radius 1 is 1.06 bits per heavy atom. The number of amides is 1. The Bertz CT molecular complexity index is 2200. The zero-order chi connectivity index (χ0) is 32.3. The average molecular weight is 629 g/mol. The second-order valence-corrected chi connectivity index (χ2v) is 11.2. The van der Waals surface area contributed by atoms with Crippen LogP contribution in [-0.4, -0.2) is 77.6 Å². The highest BCUT2D eigenvalue weighted by atomic mass is 16.5. The Kier molecular flexibility index (Phi) is 8.18. The van der Waals surface area contributed by atoms with E-state index in [2.05, 4.69) is 37.2 Å². The molecule has 47 heavy (non-hydrogen) atoms. The van der Waals surface area contributed by atoms with Crippen LogP contribution in [0.15, 0.2) is 84.2 Å². The fraction of sp³-hybridized carbons (Fsp3) is 0.235. The fourth-order valence-electron chi connectivity index (χ4n) is 5.68. The number of morpholine rings is 1. The largest absolute Gasteiger partial charge is 0.381 e. The van der Waals surface area contributed by atoms with E-state index < -0.39 is 11.9 Å². The van der Waals surface area contributed by atoms with Crippen LogP contribution >= 0.6 is 0 Å². The minimum Gasteiger partial charge on any atom is -0.381 e. The Balaban J connectivity index is 1.22. The van der Waals surface area contributed by atoms with E-state index in [1.807, 2.05) is 53.3 Å². The van der Waals surface area contributed by atoms with Crippen LogP contribution in [0.1, 0.15) is 40.3 Å². The number of carbonyl (C=O) groups is 1. The van der Waals surface area contributed by atoms with Gasteiger partial charge in [-0.05, 0) is 37.3 Å². The lowest BCUT2D eigenvalue weighted by atomic mass is 10.1. The van der Waals surface area contributed by atoms with Crippen molar-refractivity contribution in [2.24, 2.45) is 0 Å². The lowest BCUT2D eigenvalue weighted by Crippen LogP contribution is -2.38. The van der Waals surface area contributed by atoms with Crippen molar-refractivity contribution in [3.8, 4) is 17.5 Å². The van der Waals surface area contributed by atoms with Crippen molar-refractivity contribution in [2.45, 2.75) is 19.5 Å². The van der Waals surface area contributed by atoms with E-state index >= 15 is 0 Å². The maximum absolute atomic E-state index is 14.3. The van der Waals surface area contributed by atoms with Gasteiger partial charge in [0.1, 0.15) is 11.4 Å². The third-order valence-corrected chi connectivity index (χ3v) is 8.05. The quantitative estimate of drug-likeness (QED) is 0.254. The van der Waals surface area contributed by atoms with Crippen LogP contribution in [0.5, 0.6) is 0 Å². The molecule has 2 aromatic carbocycles. The number of hydrogen-bond donors (Lipinski definition) is 2. The summed E-state index contributed by atoms with van der Waals surface area (Å²) in [6.45, 7) is 6.76. The number of anilines is 1. The number of carbonyl (C=O) groups excluding carboxylic acids is 1. The minimum absolute atomic E-state index is 0.0474. The van der Waals surface area contributed by atoms with Crippen LogP contribution in [0, 0.1) is 11.8 Å². The summed E-state index contributed by atoms with van der Waals surface area (Å²) < 4.78 is 10.3. The molecule has 7 rings (SSSR count). The molecule has 0 spiro atoms. The number of hydrogen-bond acceptors (Lipinski definition) is 9. The van der Waals surface area contributed by atoms with Crippen LogP contribution < -0.4 is 16.6 Å². The SMILES string of the molecule is C[C@H](NC(=O)c1c(N)nn2cccnc12)c1nc2cccc(C#Cc3cnn(CCN4CCOCC4)c3)c2c(=O)n1-c1ccccc1. The lowest BCUT2D eigenvalue weighted by molar-refractivity contribution is 0.0359. The van der Waals surface area contributed by atoms with Gasteiger partial charge in [-0.2, -0.15) is 5.10 Å². The van der Waals surface area contributed by atoms with Crippen molar-refractivity contribution in [1.29, 1.82) is 0 Å². The molecule has 13 heteroatoms. The first-order valence-electron chi connectivity index (χ1n) is 15.3. The third-order valence-electron chi connectivity index (χ3n) is 8.05. The minimum atomic E-state index is -0.698. The van der Waals surface area contributed by atoms with Crippen molar-refractivity contribution in [1.82, 2.24) is 44.1 Å². The van der Waals surface area contributed by atoms with Crippen LogP contribution in [0.4, 0.5) is 5.82 Å². The second-order valence-electron chi connectivity index (χ2n) is 11.2. The summed E-state index contributed by atoms with van der Waals surface area (Å²) in [5.74, 6) is 6.26. The van der Waals surface area contributed by atoms with E-state index in [9.17, 15) is 9.59 Å². The Labute approximate surface area is 269 Å². The van der Waals surface area contributed by atoms with Gasteiger partial charge in [-0.25, -0.2) is 14.5 Å². The highest BCUT2D eigenvalue weighted by Gasteiger charge is 2.25. The van der Waals surface area contributed by atoms with Crippen LogP contribution in [0.2, 0.25) is 0 Å². The lowest BCUT2D eigenvalue weighted by Gasteiger charge is -2.26. The molecule has 3 N–H and O–H groups in total. The molecule has 4 aromatic heterocycles. The molecule has 236 valence electrons. The Morgan fingerprint density at radius 2 is 1.89 bits per heavy atom. The number of aromatic nitrogens is 7. The number of rotatable bonds is 7. The summed E-state index contributed by atoms with van der Waals surface area (Å²) in [5, 5.41) is 12.0. The molecule has 13 nitrogen and oxygen atoms in total. The first kappa shape index (κ1) is 29.8. The number of nitrogens with two attached hydrogens (primary N) is 1. The smallest absolute Gasteiger partial charge is 0.267 e. The first-order valence-corrected chi connectivity index (χ1v) is 15.3. The molecule has 5 heterocycles. The summed E-state index contributed by atoms with van der Waals surface area (Å²) in [4.78, 5) is 39.3. The molecular formula is C34H32N10O3. The van der Waals surface area contributed by atoms with Gasteiger partial charge in [0, 0.05) is 43.8 Å². The Morgan fingerprint density at radius 3 is 2.72 bits per heavy atom. The zero-order valence-electron chi connectivity index (χ0n) is 25.7. The van der Waals surface area contributed by atoms with Gasteiger partial charge < -0.3 is 15.8 Å². The third kappa shape index (κ3) is 6.07. The molecule has 6 aromatic rings. The van der Waals surface area contributed by atoms with E-state index in [4.69, 9.17) is 15.5 Å². The van der Waals surface area contributed by atoms with Gasteiger partial charge in [0.2, 0.25) is 0 Å². The molecule has 1 saturated heterocycles. The summed E-state index contributed by atoms with van der Waals surface area (Å²) in [7, 11) is 0. The van der Waals surface area contributed by atoms with E-state index in [0.717, 1.165) is 45.0 Å². The van der Waals surface area contributed by atoms with Crippen molar-refractivity contribution in [2.75, 3.05) is 38.6 Å². The molecule has 0 unspecified atom stereocenters. The fourth-order valence-corrected chi connectivity index (χ4v) is 5.68. The number of fused-ring (bicyclic) bond motifs is 2. The molecule has 0 saturated carbocycles.